The van der Waals surface area contributed by atoms with Crippen molar-refractivity contribution < 1.29 is 5.11 Å². The van der Waals surface area contributed by atoms with Gasteiger partial charge in [0.25, 0.3) is 0 Å². The van der Waals surface area contributed by atoms with Gasteiger partial charge in [-0.2, -0.15) is 0 Å². The third kappa shape index (κ3) is 2.83. The van der Waals surface area contributed by atoms with E-state index < -0.39 is 0 Å². The Morgan fingerprint density at radius 3 is 2.88 bits per heavy atom. The lowest BCUT2D eigenvalue weighted by Gasteiger charge is -2.41. The molecule has 1 aliphatic heterocycles. The number of hydrogen-bond acceptors (Lipinski definition) is 4. The highest BCUT2D eigenvalue weighted by atomic mass is 16.3. The molecule has 0 amide bonds. The molecule has 1 aromatic heterocycles. The lowest BCUT2D eigenvalue weighted by atomic mass is 10.1. The van der Waals surface area contributed by atoms with Crippen molar-refractivity contribution >= 4 is 0 Å². The molecule has 0 bridgehead atoms. The van der Waals surface area contributed by atoms with Crippen molar-refractivity contribution in [3.63, 3.8) is 0 Å². The maximum atomic E-state index is 9.59. The average molecular weight is 235 g/mol. The number of aliphatic hydroxyl groups is 1. The Morgan fingerprint density at radius 1 is 1.47 bits per heavy atom. The van der Waals surface area contributed by atoms with Crippen LogP contribution in [0.4, 0.5) is 0 Å². The van der Waals surface area contributed by atoms with E-state index in [1.54, 1.807) is 6.20 Å². The first kappa shape index (κ1) is 12.5. The van der Waals surface area contributed by atoms with Crippen LogP contribution >= 0.6 is 0 Å². The Morgan fingerprint density at radius 2 is 2.29 bits per heavy atom. The van der Waals surface area contributed by atoms with Gasteiger partial charge in [0.2, 0.25) is 0 Å². The molecule has 0 aromatic carbocycles. The van der Waals surface area contributed by atoms with Crippen molar-refractivity contribution in [3.05, 3.63) is 30.1 Å². The topological polar surface area (TPSA) is 39.6 Å². The quantitative estimate of drug-likeness (QED) is 0.839. The summed E-state index contributed by atoms with van der Waals surface area (Å²) in [5.74, 6) is 0. The van der Waals surface area contributed by atoms with E-state index in [2.05, 4.69) is 28.8 Å². The summed E-state index contributed by atoms with van der Waals surface area (Å²) in [6.07, 6.45) is 1.79. The van der Waals surface area contributed by atoms with Crippen LogP contribution in [0.3, 0.4) is 0 Å². The number of aliphatic hydroxyl groups excluding tert-OH is 1. The van der Waals surface area contributed by atoms with Crippen LogP contribution in [0.15, 0.2) is 24.4 Å². The van der Waals surface area contributed by atoms with Crippen molar-refractivity contribution in [2.75, 3.05) is 33.3 Å². The Hall–Kier alpha value is -0.970. The molecule has 17 heavy (non-hydrogen) atoms. The molecule has 0 spiro atoms. The van der Waals surface area contributed by atoms with Gasteiger partial charge in [0, 0.05) is 31.9 Å². The van der Waals surface area contributed by atoms with E-state index in [0.717, 1.165) is 25.3 Å². The van der Waals surface area contributed by atoms with Gasteiger partial charge >= 0.3 is 0 Å². The summed E-state index contributed by atoms with van der Waals surface area (Å²) >= 11 is 0. The molecule has 1 saturated heterocycles. The van der Waals surface area contributed by atoms with Gasteiger partial charge < -0.3 is 10.0 Å². The fourth-order valence-electron chi connectivity index (χ4n) is 2.33. The largest absolute Gasteiger partial charge is 0.394 e. The molecule has 2 atom stereocenters. The van der Waals surface area contributed by atoms with E-state index in [0.29, 0.717) is 6.04 Å². The summed E-state index contributed by atoms with van der Waals surface area (Å²) < 4.78 is 0. The fourth-order valence-corrected chi connectivity index (χ4v) is 2.33. The predicted molar refractivity (Wildman–Crippen MR) is 67.7 cm³/mol. The number of piperazine rings is 1. The van der Waals surface area contributed by atoms with E-state index >= 15 is 0 Å². The Bertz CT molecular complexity index is 344. The molecule has 0 aliphatic carbocycles. The maximum Gasteiger partial charge on any atom is 0.0755 e. The molecule has 2 unspecified atom stereocenters. The van der Waals surface area contributed by atoms with Gasteiger partial charge in [-0.3, -0.25) is 9.88 Å². The number of nitrogens with zero attached hydrogens (tertiary/aromatic N) is 3. The molecule has 1 aliphatic rings. The van der Waals surface area contributed by atoms with Crippen molar-refractivity contribution in [1.29, 1.82) is 0 Å². The van der Waals surface area contributed by atoms with Crippen molar-refractivity contribution in [2.24, 2.45) is 0 Å². The molecule has 2 rings (SSSR count). The second-order valence-electron chi connectivity index (χ2n) is 4.78. The Balaban J connectivity index is 2.09. The van der Waals surface area contributed by atoms with Crippen molar-refractivity contribution in [3.8, 4) is 0 Å². The van der Waals surface area contributed by atoms with Gasteiger partial charge in [-0.15, -0.1) is 0 Å². The third-order valence-electron chi connectivity index (χ3n) is 3.63. The lowest BCUT2D eigenvalue weighted by molar-refractivity contribution is 0.0447. The highest BCUT2D eigenvalue weighted by Gasteiger charge is 2.27. The summed E-state index contributed by atoms with van der Waals surface area (Å²) in [6, 6.07) is 6.44. The molecular formula is C13H21N3O. The number of hydrogen-bond donors (Lipinski definition) is 1. The van der Waals surface area contributed by atoms with E-state index in [1.165, 1.54) is 0 Å². The van der Waals surface area contributed by atoms with Crippen molar-refractivity contribution in [1.82, 2.24) is 14.8 Å². The minimum atomic E-state index is 0.0346. The van der Waals surface area contributed by atoms with E-state index in [-0.39, 0.29) is 12.6 Å². The van der Waals surface area contributed by atoms with Crippen LogP contribution in [0.1, 0.15) is 18.7 Å². The normalized spacial score (nSPS) is 24.8. The molecule has 2 heterocycles. The molecule has 4 nitrogen and oxygen atoms in total. The van der Waals surface area contributed by atoms with Crippen LogP contribution in [-0.4, -0.2) is 59.2 Å². The van der Waals surface area contributed by atoms with Gasteiger partial charge in [-0.05, 0) is 26.1 Å². The predicted octanol–water partition coefficient (Wildman–Crippen LogP) is 0.751. The molecule has 1 aromatic rings. The first-order valence-electron chi connectivity index (χ1n) is 6.18. The Kier molecular flexibility index (Phi) is 4.10. The van der Waals surface area contributed by atoms with Crippen LogP contribution in [0.2, 0.25) is 0 Å². The number of aromatic nitrogens is 1. The van der Waals surface area contributed by atoms with Crippen LogP contribution in [0.25, 0.3) is 0 Å². The van der Waals surface area contributed by atoms with Crippen LogP contribution in [0, 0.1) is 0 Å². The molecular weight excluding hydrogens is 214 g/mol. The zero-order valence-electron chi connectivity index (χ0n) is 10.6. The number of rotatable bonds is 3. The van der Waals surface area contributed by atoms with Gasteiger partial charge in [0.15, 0.2) is 0 Å². The fraction of sp³-hybridized carbons (Fsp3) is 0.615. The van der Waals surface area contributed by atoms with Crippen molar-refractivity contribution in [2.45, 2.75) is 19.0 Å². The number of likely N-dealkylation sites (N-methyl/N-ethyl adjacent to an activating group) is 1. The first-order valence-corrected chi connectivity index (χ1v) is 6.18. The zero-order valence-corrected chi connectivity index (χ0v) is 10.6. The van der Waals surface area contributed by atoms with Crippen LogP contribution in [0.5, 0.6) is 0 Å². The summed E-state index contributed by atoms with van der Waals surface area (Å²) in [5.41, 5.74) is 0.965. The smallest absolute Gasteiger partial charge is 0.0755 e. The average Bonchev–Trinajstić information content (AvgIpc) is 2.36. The molecule has 0 saturated carbocycles. The molecule has 0 radical (unpaired) electrons. The van der Waals surface area contributed by atoms with Crippen LogP contribution < -0.4 is 0 Å². The highest BCUT2D eigenvalue weighted by molar-refractivity contribution is 5.09. The molecule has 1 fully saturated rings. The second-order valence-corrected chi connectivity index (χ2v) is 4.78. The monoisotopic (exact) mass is 235 g/mol. The maximum absolute atomic E-state index is 9.59. The van der Waals surface area contributed by atoms with E-state index in [9.17, 15) is 5.11 Å². The molecule has 1 N–H and O–H groups in total. The zero-order chi connectivity index (χ0) is 12.3. The van der Waals surface area contributed by atoms with E-state index in [1.807, 2.05) is 18.2 Å². The minimum absolute atomic E-state index is 0.0346. The second kappa shape index (κ2) is 5.58. The summed E-state index contributed by atoms with van der Waals surface area (Å²) in [4.78, 5) is 9.03. The SMILES string of the molecule is CC1CN(C(CO)c2ccccn2)CCN1C. The summed E-state index contributed by atoms with van der Waals surface area (Å²) in [6.45, 7) is 5.37. The molecule has 4 heteroatoms. The Labute approximate surface area is 103 Å². The summed E-state index contributed by atoms with van der Waals surface area (Å²) in [5, 5.41) is 9.59. The minimum Gasteiger partial charge on any atom is -0.394 e. The van der Waals surface area contributed by atoms with Gasteiger partial charge in [0.1, 0.15) is 0 Å². The first-order chi connectivity index (χ1) is 8.22. The van der Waals surface area contributed by atoms with Gasteiger partial charge in [-0.25, -0.2) is 0 Å². The third-order valence-corrected chi connectivity index (χ3v) is 3.63. The van der Waals surface area contributed by atoms with E-state index in [4.69, 9.17) is 0 Å². The number of pyridine rings is 1. The van der Waals surface area contributed by atoms with Crippen LogP contribution in [-0.2, 0) is 0 Å². The lowest BCUT2D eigenvalue weighted by Crippen LogP contribution is -2.51. The highest BCUT2D eigenvalue weighted by Crippen LogP contribution is 2.21. The summed E-state index contributed by atoms with van der Waals surface area (Å²) in [7, 11) is 2.15. The molecule has 94 valence electrons. The van der Waals surface area contributed by atoms with Gasteiger partial charge in [-0.1, -0.05) is 6.07 Å². The van der Waals surface area contributed by atoms with Gasteiger partial charge in [0.05, 0.1) is 18.3 Å². The standard InChI is InChI=1S/C13H21N3O/c1-11-9-16(8-7-15(11)2)13(10-17)12-5-3-4-6-14-12/h3-6,11,13,17H,7-10H2,1-2H3.